The van der Waals surface area contributed by atoms with Crippen LogP contribution in [0.15, 0.2) is 53.3 Å². The van der Waals surface area contributed by atoms with Crippen LogP contribution >= 0.6 is 23.2 Å². The van der Waals surface area contributed by atoms with Crippen molar-refractivity contribution in [2.45, 2.75) is 19.5 Å². The van der Waals surface area contributed by atoms with Gasteiger partial charge < -0.3 is 14.7 Å². The van der Waals surface area contributed by atoms with Gasteiger partial charge in [0, 0.05) is 35.9 Å². The lowest BCUT2D eigenvalue weighted by Gasteiger charge is -2.03. The summed E-state index contributed by atoms with van der Waals surface area (Å²) >= 11 is 12.2. The Balaban J connectivity index is 1.21. The first-order valence-electron chi connectivity index (χ1n) is 9.32. The Bertz CT molecular complexity index is 1350. The van der Waals surface area contributed by atoms with Gasteiger partial charge in [-0.1, -0.05) is 29.3 Å². The van der Waals surface area contributed by atoms with Crippen LogP contribution in [-0.4, -0.2) is 25.1 Å². The van der Waals surface area contributed by atoms with Gasteiger partial charge in [0.15, 0.2) is 0 Å². The van der Waals surface area contributed by atoms with Crippen molar-refractivity contribution in [3.05, 3.63) is 81.9 Å². The maximum absolute atomic E-state index is 6.15. The van der Waals surface area contributed by atoms with E-state index in [0.29, 0.717) is 41.3 Å². The van der Waals surface area contributed by atoms with Crippen molar-refractivity contribution in [3.8, 4) is 0 Å². The highest BCUT2D eigenvalue weighted by molar-refractivity contribution is 6.35. The molecule has 2 N–H and O–H groups in total. The van der Waals surface area contributed by atoms with Crippen molar-refractivity contribution in [2.75, 3.05) is 0 Å². The van der Waals surface area contributed by atoms with Gasteiger partial charge in [0.2, 0.25) is 11.8 Å². The Morgan fingerprint density at radius 1 is 0.933 bits per heavy atom. The molecule has 0 spiro atoms. The van der Waals surface area contributed by atoms with Crippen LogP contribution in [0.5, 0.6) is 0 Å². The lowest BCUT2D eigenvalue weighted by Crippen LogP contribution is -2.13. The van der Waals surface area contributed by atoms with E-state index in [1.54, 1.807) is 12.4 Å². The Morgan fingerprint density at radius 3 is 2.77 bits per heavy atom. The molecule has 150 valence electrons. The smallest absolute Gasteiger partial charge is 0.230 e. The van der Waals surface area contributed by atoms with Crippen LogP contribution in [0, 0.1) is 0 Å². The number of hydrogen-bond donors (Lipinski definition) is 2. The van der Waals surface area contributed by atoms with E-state index in [1.807, 2.05) is 36.5 Å². The van der Waals surface area contributed by atoms with Crippen LogP contribution in [0.2, 0.25) is 10.0 Å². The predicted octanol–water partition coefficient (Wildman–Crippen LogP) is 4.68. The molecule has 5 aromatic rings. The van der Waals surface area contributed by atoms with Gasteiger partial charge in [-0.25, -0.2) is 4.98 Å². The second-order valence-corrected chi connectivity index (χ2v) is 7.77. The third kappa shape index (κ3) is 4.00. The van der Waals surface area contributed by atoms with Crippen molar-refractivity contribution in [3.63, 3.8) is 0 Å². The van der Waals surface area contributed by atoms with Gasteiger partial charge in [0.25, 0.3) is 0 Å². The number of pyridine rings is 2. The molecule has 0 unspecified atom stereocenters. The normalized spacial score (nSPS) is 11.5. The van der Waals surface area contributed by atoms with Crippen LogP contribution in [0.4, 0.5) is 0 Å². The van der Waals surface area contributed by atoms with E-state index < -0.39 is 0 Å². The van der Waals surface area contributed by atoms with E-state index in [4.69, 9.17) is 27.6 Å². The third-order valence-electron chi connectivity index (χ3n) is 4.72. The number of halogens is 2. The van der Waals surface area contributed by atoms with Crippen LogP contribution < -0.4 is 5.32 Å². The summed E-state index contributed by atoms with van der Waals surface area (Å²) in [6.07, 6.45) is 5.73. The lowest BCUT2D eigenvalue weighted by atomic mass is 10.1. The number of nitrogens with one attached hydrogen (secondary N) is 2. The molecule has 4 aromatic heterocycles. The molecule has 0 fully saturated rings. The highest BCUT2D eigenvalue weighted by Crippen LogP contribution is 2.22. The molecule has 0 saturated heterocycles. The molecule has 0 saturated carbocycles. The van der Waals surface area contributed by atoms with Gasteiger partial charge in [0.05, 0.1) is 28.5 Å². The standard InChI is InChI=1S/C21H16Cl2N6O/c22-15-6-14-3-12(1-2-18(14)25-9-15)5-19-28-29-20(30-19)11-24-7-13-4-16-17(23)10-27-21(16)26-8-13/h1-4,6,8-10,24H,5,7,11H2,(H,26,27). The Labute approximate surface area is 181 Å². The highest BCUT2D eigenvalue weighted by Gasteiger charge is 2.09. The van der Waals surface area contributed by atoms with Crippen LogP contribution in [0.1, 0.15) is 22.9 Å². The molecule has 0 bridgehead atoms. The monoisotopic (exact) mass is 438 g/mol. The number of aromatic nitrogens is 5. The van der Waals surface area contributed by atoms with E-state index >= 15 is 0 Å². The maximum atomic E-state index is 6.15. The van der Waals surface area contributed by atoms with Gasteiger partial charge in [-0.05, 0) is 35.4 Å². The predicted molar refractivity (Wildman–Crippen MR) is 116 cm³/mol. The second-order valence-electron chi connectivity index (χ2n) is 6.93. The number of fused-ring (bicyclic) bond motifs is 2. The zero-order valence-electron chi connectivity index (χ0n) is 15.7. The summed E-state index contributed by atoms with van der Waals surface area (Å²) in [7, 11) is 0. The first kappa shape index (κ1) is 19.0. The third-order valence-corrected chi connectivity index (χ3v) is 5.24. The number of nitrogens with zero attached hydrogens (tertiary/aromatic N) is 4. The number of hydrogen-bond acceptors (Lipinski definition) is 6. The first-order chi connectivity index (χ1) is 14.6. The van der Waals surface area contributed by atoms with Crippen molar-refractivity contribution in [1.29, 1.82) is 0 Å². The zero-order chi connectivity index (χ0) is 20.5. The van der Waals surface area contributed by atoms with E-state index in [1.165, 1.54) is 0 Å². The van der Waals surface area contributed by atoms with E-state index in [0.717, 1.165) is 33.1 Å². The molecule has 30 heavy (non-hydrogen) atoms. The molecular formula is C21H16Cl2N6O. The summed E-state index contributed by atoms with van der Waals surface area (Å²) in [5.74, 6) is 1.09. The molecule has 0 aliphatic carbocycles. The summed E-state index contributed by atoms with van der Waals surface area (Å²) < 4.78 is 5.77. The topological polar surface area (TPSA) is 92.5 Å². The number of benzene rings is 1. The quantitative estimate of drug-likeness (QED) is 0.399. The van der Waals surface area contributed by atoms with Crippen LogP contribution in [0.3, 0.4) is 0 Å². The molecule has 0 radical (unpaired) electrons. The van der Waals surface area contributed by atoms with Gasteiger partial charge in [0.1, 0.15) is 5.65 Å². The Kier molecular flexibility index (Phi) is 5.08. The molecule has 4 heterocycles. The summed E-state index contributed by atoms with van der Waals surface area (Å²) in [5, 5.41) is 14.7. The average molecular weight is 439 g/mol. The summed E-state index contributed by atoms with van der Waals surface area (Å²) in [6.45, 7) is 1.07. The van der Waals surface area contributed by atoms with Crippen LogP contribution in [0.25, 0.3) is 21.9 Å². The fraction of sp³-hybridized carbons (Fsp3) is 0.143. The summed E-state index contributed by atoms with van der Waals surface area (Å²) in [4.78, 5) is 11.7. The molecule has 0 atom stereocenters. The molecule has 0 aliphatic heterocycles. The Hall–Kier alpha value is -3.00. The summed E-state index contributed by atoms with van der Waals surface area (Å²) in [5.41, 5.74) is 3.74. The second kappa shape index (κ2) is 8.02. The minimum atomic E-state index is 0.461. The molecule has 7 nitrogen and oxygen atoms in total. The molecule has 9 heteroatoms. The number of H-pyrrole nitrogens is 1. The SMILES string of the molecule is Clc1cnc2ccc(Cc3nnc(CNCc4cnc5[nH]cc(Cl)c5c4)o3)cc2c1. The minimum absolute atomic E-state index is 0.461. The zero-order valence-corrected chi connectivity index (χ0v) is 17.2. The fourth-order valence-corrected chi connectivity index (χ4v) is 3.66. The van der Waals surface area contributed by atoms with E-state index in [2.05, 4.69) is 30.5 Å². The van der Waals surface area contributed by atoms with Gasteiger partial charge in [-0.15, -0.1) is 10.2 Å². The number of rotatable bonds is 6. The average Bonchev–Trinajstić information content (AvgIpc) is 3.34. The first-order valence-corrected chi connectivity index (χ1v) is 10.1. The van der Waals surface area contributed by atoms with Crippen molar-refractivity contribution < 1.29 is 4.42 Å². The maximum Gasteiger partial charge on any atom is 0.230 e. The molecule has 1 aromatic carbocycles. The van der Waals surface area contributed by atoms with Gasteiger partial charge in [-0.3, -0.25) is 4.98 Å². The molecule has 5 rings (SSSR count). The molecular weight excluding hydrogens is 423 g/mol. The largest absolute Gasteiger partial charge is 0.424 e. The summed E-state index contributed by atoms with van der Waals surface area (Å²) in [6, 6.07) is 9.89. The van der Waals surface area contributed by atoms with Crippen molar-refractivity contribution in [2.24, 2.45) is 0 Å². The van der Waals surface area contributed by atoms with E-state index in [9.17, 15) is 0 Å². The lowest BCUT2D eigenvalue weighted by molar-refractivity contribution is 0.438. The Morgan fingerprint density at radius 2 is 1.83 bits per heavy atom. The highest BCUT2D eigenvalue weighted by atomic mass is 35.5. The fourth-order valence-electron chi connectivity index (χ4n) is 3.30. The van der Waals surface area contributed by atoms with Gasteiger partial charge >= 0.3 is 0 Å². The molecule has 0 amide bonds. The number of aromatic amines is 1. The van der Waals surface area contributed by atoms with Crippen LogP contribution in [-0.2, 0) is 19.5 Å². The molecule has 0 aliphatic rings. The van der Waals surface area contributed by atoms with Crippen molar-refractivity contribution in [1.82, 2.24) is 30.5 Å². The van der Waals surface area contributed by atoms with E-state index in [-0.39, 0.29) is 0 Å². The van der Waals surface area contributed by atoms with Gasteiger partial charge in [-0.2, -0.15) is 0 Å². The minimum Gasteiger partial charge on any atom is -0.424 e. The van der Waals surface area contributed by atoms with Crippen molar-refractivity contribution >= 4 is 45.1 Å².